The molecule has 1 unspecified atom stereocenters. The summed E-state index contributed by atoms with van der Waals surface area (Å²) in [5.41, 5.74) is 9.65. The molecule has 0 bridgehead atoms. The minimum atomic E-state index is -2.36. The van der Waals surface area contributed by atoms with E-state index in [4.69, 9.17) is 15.7 Å². The first kappa shape index (κ1) is 26.5. The lowest BCUT2D eigenvalue weighted by molar-refractivity contribution is 0.0658. The number of para-hydroxylation sites is 1. The highest BCUT2D eigenvalue weighted by molar-refractivity contribution is 5.86. The van der Waals surface area contributed by atoms with Gasteiger partial charge in [0.05, 0.1) is 30.0 Å². The number of nitrogens with two attached hydrogens (primary N) is 1. The van der Waals surface area contributed by atoms with Crippen molar-refractivity contribution >= 4 is 22.4 Å². The van der Waals surface area contributed by atoms with E-state index < -0.39 is 24.1 Å². The smallest absolute Gasteiger partial charge is 0.251 e. The fourth-order valence-electron chi connectivity index (χ4n) is 5.51. The van der Waals surface area contributed by atoms with Gasteiger partial charge in [-0.15, -0.1) is 0 Å². The van der Waals surface area contributed by atoms with Gasteiger partial charge in [-0.2, -0.15) is 0 Å². The normalized spacial score (nSPS) is 17.4. The Balaban J connectivity index is 1.37. The number of benzene rings is 1. The van der Waals surface area contributed by atoms with Crippen LogP contribution in [0.25, 0.3) is 22.3 Å². The van der Waals surface area contributed by atoms with Crippen molar-refractivity contribution in [1.82, 2.24) is 24.8 Å². The van der Waals surface area contributed by atoms with E-state index in [2.05, 4.69) is 15.3 Å². The van der Waals surface area contributed by atoms with Crippen LogP contribution < -0.4 is 11.1 Å². The van der Waals surface area contributed by atoms with Gasteiger partial charge in [0.1, 0.15) is 23.1 Å². The average molecular weight is 552 g/mol. The van der Waals surface area contributed by atoms with Crippen molar-refractivity contribution in [3.63, 3.8) is 0 Å². The van der Waals surface area contributed by atoms with E-state index in [-0.39, 0.29) is 24.0 Å². The van der Waals surface area contributed by atoms with Crippen molar-refractivity contribution in [2.45, 2.75) is 44.1 Å². The maximum Gasteiger partial charge on any atom is 0.251 e. The fourth-order valence-corrected chi connectivity index (χ4v) is 5.51. The molecule has 0 amide bonds. The third kappa shape index (κ3) is 5.48. The van der Waals surface area contributed by atoms with Gasteiger partial charge in [-0.25, -0.2) is 32.5 Å². The molecule has 1 saturated heterocycles. The van der Waals surface area contributed by atoms with Crippen LogP contribution >= 0.6 is 0 Å². The summed E-state index contributed by atoms with van der Waals surface area (Å²) in [5, 5.41) is 3.62. The number of anilines is 2. The van der Waals surface area contributed by atoms with Gasteiger partial charge in [0.25, 0.3) is 6.43 Å². The second-order valence-electron chi connectivity index (χ2n) is 10.5. The summed E-state index contributed by atoms with van der Waals surface area (Å²) >= 11 is 0. The van der Waals surface area contributed by atoms with Crippen molar-refractivity contribution < 1.29 is 17.6 Å². The third-order valence-electron chi connectivity index (χ3n) is 7.77. The molecule has 0 radical (unpaired) electrons. The molecule has 0 spiro atoms. The zero-order valence-corrected chi connectivity index (χ0v) is 21.7. The van der Waals surface area contributed by atoms with E-state index in [9.17, 15) is 17.6 Å². The van der Waals surface area contributed by atoms with Gasteiger partial charge in [-0.1, -0.05) is 6.07 Å². The Morgan fingerprint density at radius 1 is 1.00 bits per heavy atom. The summed E-state index contributed by atoms with van der Waals surface area (Å²) < 4.78 is 54.3. The molecule has 1 atom stereocenters. The molecule has 3 aromatic heterocycles. The van der Waals surface area contributed by atoms with Crippen LogP contribution in [-0.4, -0.2) is 50.9 Å². The van der Waals surface area contributed by atoms with Crippen LogP contribution in [0.3, 0.4) is 0 Å². The number of hydrogen-bond acceptors (Lipinski definition) is 7. The van der Waals surface area contributed by atoms with Crippen LogP contribution in [0, 0.1) is 17.6 Å². The Bertz CT molecular complexity index is 1500. The van der Waals surface area contributed by atoms with E-state index in [0.29, 0.717) is 54.4 Å². The van der Waals surface area contributed by atoms with Crippen LogP contribution in [0.4, 0.5) is 29.1 Å². The van der Waals surface area contributed by atoms with Crippen molar-refractivity contribution in [2.24, 2.45) is 11.7 Å². The number of nitrogens with zero attached hydrogens (tertiary/aromatic N) is 5. The number of likely N-dealkylation sites (tertiary alicyclic amines) is 1. The summed E-state index contributed by atoms with van der Waals surface area (Å²) in [4.78, 5) is 20.2. The molecule has 4 aromatic rings. The fraction of sp³-hybridized carbons (Fsp3) is 0.379. The molecule has 1 aromatic carbocycles. The minimum Gasteiger partial charge on any atom is -0.335 e. The molecular formula is C29H29F4N7. The van der Waals surface area contributed by atoms with E-state index >= 15 is 0 Å². The number of rotatable bonds is 8. The number of hydrogen-bond donors (Lipinski definition) is 2. The van der Waals surface area contributed by atoms with Crippen LogP contribution in [0.2, 0.25) is 0 Å². The predicted molar refractivity (Wildman–Crippen MR) is 144 cm³/mol. The van der Waals surface area contributed by atoms with Gasteiger partial charge in [0, 0.05) is 23.3 Å². The zero-order chi connectivity index (χ0) is 27.8. The van der Waals surface area contributed by atoms with Gasteiger partial charge in [-0.05, 0) is 80.4 Å². The van der Waals surface area contributed by atoms with Crippen LogP contribution in [-0.2, 0) is 0 Å². The molecule has 4 heterocycles. The van der Waals surface area contributed by atoms with Crippen LogP contribution in [0.1, 0.15) is 48.9 Å². The number of halogens is 4. The molecular weight excluding hydrogens is 522 g/mol. The van der Waals surface area contributed by atoms with Crippen LogP contribution in [0.15, 0.2) is 48.9 Å². The monoisotopic (exact) mass is 551 g/mol. The zero-order valence-electron chi connectivity index (χ0n) is 21.7. The Hall–Kier alpha value is -3.70. The number of fused-ring (bicyclic) bond motifs is 1. The summed E-state index contributed by atoms with van der Waals surface area (Å²) in [6.45, 7) is 0.887. The van der Waals surface area contributed by atoms with E-state index in [1.165, 1.54) is 12.3 Å². The number of pyridine rings is 2. The van der Waals surface area contributed by atoms with E-state index in [1.54, 1.807) is 23.2 Å². The Labute approximate surface area is 228 Å². The number of piperidine rings is 1. The van der Waals surface area contributed by atoms with Crippen molar-refractivity contribution in [3.05, 3.63) is 71.8 Å². The molecule has 1 aliphatic carbocycles. The second kappa shape index (κ2) is 11.1. The van der Waals surface area contributed by atoms with Gasteiger partial charge in [0.15, 0.2) is 5.82 Å². The standard InChI is InChI=1S/C29H29F4N7/c30-20-2-1-3-21(31)27(20)38-24-12-18(6-9-36-24)29-37-22-14-35-13-19(16-4-5-16)25(22)28(39-29)26(34)17-7-10-40(11-8-17)15-23(32)33/h1-3,6,9,12-14,16-17,23,26H,4-5,7-8,10-11,15,34H2,(H,36,38). The highest BCUT2D eigenvalue weighted by Gasteiger charge is 2.32. The molecule has 7 nitrogen and oxygen atoms in total. The van der Waals surface area contributed by atoms with Gasteiger partial charge >= 0.3 is 0 Å². The first-order chi connectivity index (χ1) is 19.4. The number of alkyl halides is 2. The minimum absolute atomic E-state index is 0.0683. The van der Waals surface area contributed by atoms with Crippen molar-refractivity contribution in [1.29, 1.82) is 0 Å². The maximum atomic E-state index is 14.2. The largest absolute Gasteiger partial charge is 0.335 e. The predicted octanol–water partition coefficient (Wildman–Crippen LogP) is 5.96. The van der Waals surface area contributed by atoms with Gasteiger partial charge in [-0.3, -0.25) is 9.88 Å². The summed E-state index contributed by atoms with van der Waals surface area (Å²) in [6, 6.07) is 6.55. The molecule has 1 aliphatic heterocycles. The SMILES string of the molecule is NC(c1nc(-c2ccnc(Nc3c(F)cccc3F)c2)nc2cncc(C3CC3)c12)C1CCN(CC(F)F)CC1. The first-order valence-corrected chi connectivity index (χ1v) is 13.5. The topological polar surface area (TPSA) is 92.8 Å². The Morgan fingerprint density at radius 2 is 1.75 bits per heavy atom. The van der Waals surface area contributed by atoms with Gasteiger partial charge < -0.3 is 11.1 Å². The van der Waals surface area contributed by atoms with E-state index in [0.717, 1.165) is 35.9 Å². The summed E-state index contributed by atoms with van der Waals surface area (Å²) in [7, 11) is 0. The molecule has 2 fully saturated rings. The van der Waals surface area contributed by atoms with E-state index in [1.807, 2.05) is 6.20 Å². The molecule has 40 heavy (non-hydrogen) atoms. The lowest BCUT2D eigenvalue weighted by atomic mass is 9.86. The summed E-state index contributed by atoms with van der Waals surface area (Å²) in [6.07, 6.45) is 6.23. The van der Waals surface area contributed by atoms with Crippen LogP contribution in [0.5, 0.6) is 0 Å². The highest BCUT2D eigenvalue weighted by Crippen LogP contribution is 2.45. The average Bonchev–Trinajstić information content (AvgIpc) is 3.80. The lowest BCUT2D eigenvalue weighted by Gasteiger charge is -2.34. The molecule has 208 valence electrons. The highest BCUT2D eigenvalue weighted by atomic mass is 19.3. The second-order valence-corrected chi connectivity index (χ2v) is 10.5. The Morgan fingerprint density at radius 3 is 2.45 bits per heavy atom. The van der Waals surface area contributed by atoms with Gasteiger partial charge in [0.2, 0.25) is 0 Å². The third-order valence-corrected chi connectivity index (χ3v) is 7.77. The molecule has 11 heteroatoms. The number of nitrogens with one attached hydrogen (secondary N) is 1. The molecule has 2 aliphatic rings. The quantitative estimate of drug-likeness (QED) is 0.261. The molecule has 6 rings (SSSR count). The Kier molecular flexibility index (Phi) is 7.33. The maximum absolute atomic E-state index is 14.2. The summed E-state index contributed by atoms with van der Waals surface area (Å²) in [5.74, 6) is -0.397. The molecule has 3 N–H and O–H groups in total. The van der Waals surface area contributed by atoms with Crippen molar-refractivity contribution in [2.75, 3.05) is 25.0 Å². The first-order valence-electron chi connectivity index (χ1n) is 13.5. The number of aromatic nitrogens is 4. The molecule has 1 saturated carbocycles. The lowest BCUT2D eigenvalue weighted by Crippen LogP contribution is -2.40. The van der Waals surface area contributed by atoms with Crippen molar-refractivity contribution in [3.8, 4) is 11.4 Å².